The summed E-state index contributed by atoms with van der Waals surface area (Å²) in [6.45, 7) is 0. The van der Waals surface area contributed by atoms with Crippen LogP contribution in [-0.2, 0) is 6.42 Å². The van der Waals surface area contributed by atoms with Gasteiger partial charge in [0.2, 0.25) is 0 Å². The zero-order valence-corrected chi connectivity index (χ0v) is 6.60. The molecular weight excluding hydrogens is 162 g/mol. The molecule has 1 aliphatic heterocycles. The Hall–Kier alpha value is -0.730. The van der Waals surface area contributed by atoms with Gasteiger partial charge in [0.25, 0.3) is 0 Å². The van der Waals surface area contributed by atoms with E-state index in [-0.39, 0.29) is 0 Å². The van der Waals surface area contributed by atoms with E-state index in [1.165, 1.54) is 0 Å². The van der Waals surface area contributed by atoms with Gasteiger partial charge in [0.05, 0.1) is 10.7 Å². The maximum absolute atomic E-state index is 9.21. The average Bonchev–Trinajstić information content (AvgIpc) is 2.31. The lowest BCUT2D eigenvalue weighted by molar-refractivity contribution is 0.212. The third kappa shape index (κ3) is 1.08. The molecule has 1 aromatic rings. The van der Waals surface area contributed by atoms with Crippen molar-refractivity contribution >= 4 is 17.3 Å². The molecule has 2 rings (SSSR count). The molecule has 0 saturated heterocycles. The molecule has 0 aromatic heterocycles. The highest BCUT2D eigenvalue weighted by Crippen LogP contribution is 2.31. The smallest absolute Gasteiger partial charge is 0.128 e. The van der Waals surface area contributed by atoms with E-state index in [0.717, 1.165) is 11.3 Å². The molecule has 2 N–H and O–H groups in total. The van der Waals surface area contributed by atoms with Crippen LogP contribution >= 0.6 is 11.6 Å². The van der Waals surface area contributed by atoms with Gasteiger partial charge in [-0.1, -0.05) is 23.7 Å². The normalized spacial score (nSPS) is 21.1. The number of aliphatic hydroxyl groups is 1. The van der Waals surface area contributed by atoms with Gasteiger partial charge in [-0.25, -0.2) is 0 Å². The number of fused-ring (bicyclic) bond motifs is 1. The Morgan fingerprint density at radius 2 is 2.36 bits per heavy atom. The molecule has 1 unspecified atom stereocenters. The number of halogens is 1. The quantitative estimate of drug-likeness (QED) is 0.619. The zero-order valence-electron chi connectivity index (χ0n) is 5.84. The minimum atomic E-state index is -0.468. The second-order valence-corrected chi connectivity index (χ2v) is 3.05. The molecule has 0 amide bonds. The van der Waals surface area contributed by atoms with E-state index in [1.54, 1.807) is 0 Å². The van der Waals surface area contributed by atoms with Crippen molar-refractivity contribution in [3.63, 3.8) is 0 Å². The molecule has 1 aliphatic rings. The number of nitrogens with one attached hydrogen (secondary N) is 1. The number of rotatable bonds is 0. The molecule has 0 aliphatic carbocycles. The summed E-state index contributed by atoms with van der Waals surface area (Å²) >= 11 is 5.86. The Balaban J connectivity index is 2.49. The monoisotopic (exact) mass is 169 g/mol. The highest BCUT2D eigenvalue weighted by molar-refractivity contribution is 6.33. The first-order chi connectivity index (χ1) is 5.27. The van der Waals surface area contributed by atoms with Crippen LogP contribution < -0.4 is 5.32 Å². The van der Waals surface area contributed by atoms with E-state index >= 15 is 0 Å². The molecule has 1 atom stereocenters. The standard InChI is InChI=1S/C8H8ClNO/c9-6-3-1-2-5-4-7(11)10-8(5)6/h1-3,7,10-11H,4H2. The summed E-state index contributed by atoms with van der Waals surface area (Å²) in [7, 11) is 0. The fourth-order valence-corrected chi connectivity index (χ4v) is 1.58. The Kier molecular flexibility index (Phi) is 1.51. The highest BCUT2D eigenvalue weighted by Gasteiger charge is 2.19. The van der Waals surface area contributed by atoms with Crippen molar-refractivity contribution in [2.24, 2.45) is 0 Å². The Morgan fingerprint density at radius 3 is 3.09 bits per heavy atom. The summed E-state index contributed by atoms with van der Waals surface area (Å²) in [5.74, 6) is 0. The second kappa shape index (κ2) is 2.40. The number of para-hydroxylation sites is 1. The molecule has 0 saturated carbocycles. The number of benzene rings is 1. The van der Waals surface area contributed by atoms with E-state index in [4.69, 9.17) is 11.6 Å². The molecule has 1 aromatic carbocycles. The number of anilines is 1. The summed E-state index contributed by atoms with van der Waals surface area (Å²) in [5, 5.41) is 12.8. The first-order valence-corrected chi connectivity index (χ1v) is 3.87. The summed E-state index contributed by atoms with van der Waals surface area (Å²) in [6, 6.07) is 5.66. The van der Waals surface area contributed by atoms with Crippen molar-refractivity contribution in [2.45, 2.75) is 12.6 Å². The second-order valence-electron chi connectivity index (χ2n) is 2.64. The number of aliphatic hydroxyl groups excluding tert-OH is 1. The van der Waals surface area contributed by atoms with Crippen molar-refractivity contribution in [1.29, 1.82) is 0 Å². The Labute approximate surface area is 69.8 Å². The Morgan fingerprint density at radius 1 is 1.55 bits per heavy atom. The van der Waals surface area contributed by atoms with Gasteiger partial charge in [0.1, 0.15) is 6.23 Å². The lowest BCUT2D eigenvalue weighted by Crippen LogP contribution is -2.12. The Bertz CT molecular complexity index is 287. The SMILES string of the molecule is OC1Cc2cccc(Cl)c2N1. The average molecular weight is 170 g/mol. The lowest BCUT2D eigenvalue weighted by atomic mass is 10.2. The van der Waals surface area contributed by atoms with Crippen LogP contribution in [-0.4, -0.2) is 11.3 Å². The van der Waals surface area contributed by atoms with E-state index in [1.807, 2.05) is 18.2 Å². The maximum atomic E-state index is 9.21. The largest absolute Gasteiger partial charge is 0.373 e. The van der Waals surface area contributed by atoms with Crippen molar-refractivity contribution < 1.29 is 5.11 Å². The molecule has 58 valence electrons. The van der Waals surface area contributed by atoms with E-state index in [0.29, 0.717) is 11.4 Å². The molecule has 1 heterocycles. The fraction of sp³-hybridized carbons (Fsp3) is 0.250. The van der Waals surface area contributed by atoms with E-state index in [2.05, 4.69) is 5.32 Å². The molecule has 0 bridgehead atoms. The van der Waals surface area contributed by atoms with Crippen LogP contribution in [0.3, 0.4) is 0 Å². The molecule has 11 heavy (non-hydrogen) atoms. The summed E-state index contributed by atoms with van der Waals surface area (Å²) in [4.78, 5) is 0. The van der Waals surface area contributed by atoms with Crippen LogP contribution in [0.4, 0.5) is 5.69 Å². The minimum absolute atomic E-state index is 0.468. The summed E-state index contributed by atoms with van der Waals surface area (Å²) in [6.07, 6.45) is 0.181. The first kappa shape index (κ1) is 6.95. The van der Waals surface area contributed by atoms with Gasteiger partial charge in [-0.2, -0.15) is 0 Å². The van der Waals surface area contributed by atoms with Gasteiger partial charge < -0.3 is 10.4 Å². The molecule has 0 fully saturated rings. The van der Waals surface area contributed by atoms with Gasteiger partial charge in [-0.3, -0.25) is 0 Å². The van der Waals surface area contributed by atoms with Crippen LogP contribution in [0.5, 0.6) is 0 Å². The van der Waals surface area contributed by atoms with Crippen molar-refractivity contribution in [3.8, 4) is 0 Å². The maximum Gasteiger partial charge on any atom is 0.128 e. The number of hydrogen-bond acceptors (Lipinski definition) is 2. The van der Waals surface area contributed by atoms with Crippen LogP contribution in [0, 0.1) is 0 Å². The molecule has 0 spiro atoms. The molecule has 3 heteroatoms. The highest BCUT2D eigenvalue weighted by atomic mass is 35.5. The van der Waals surface area contributed by atoms with Gasteiger partial charge in [0.15, 0.2) is 0 Å². The van der Waals surface area contributed by atoms with Crippen molar-refractivity contribution in [3.05, 3.63) is 28.8 Å². The predicted octanol–water partition coefficient (Wildman–Crippen LogP) is 1.63. The van der Waals surface area contributed by atoms with Crippen LogP contribution in [0.2, 0.25) is 5.02 Å². The van der Waals surface area contributed by atoms with Crippen LogP contribution in [0.15, 0.2) is 18.2 Å². The van der Waals surface area contributed by atoms with E-state index < -0.39 is 6.23 Å². The molecule has 0 radical (unpaired) electrons. The topological polar surface area (TPSA) is 32.3 Å². The zero-order chi connectivity index (χ0) is 7.84. The first-order valence-electron chi connectivity index (χ1n) is 3.49. The minimum Gasteiger partial charge on any atom is -0.373 e. The third-order valence-corrected chi connectivity index (χ3v) is 2.14. The lowest BCUT2D eigenvalue weighted by Gasteiger charge is -2.02. The van der Waals surface area contributed by atoms with Gasteiger partial charge in [0, 0.05) is 6.42 Å². The van der Waals surface area contributed by atoms with Crippen LogP contribution in [0.25, 0.3) is 0 Å². The third-order valence-electron chi connectivity index (χ3n) is 1.82. The van der Waals surface area contributed by atoms with E-state index in [9.17, 15) is 5.11 Å². The predicted molar refractivity (Wildman–Crippen MR) is 44.8 cm³/mol. The van der Waals surface area contributed by atoms with Crippen LogP contribution in [0.1, 0.15) is 5.56 Å². The van der Waals surface area contributed by atoms with Gasteiger partial charge in [-0.15, -0.1) is 0 Å². The number of hydrogen-bond donors (Lipinski definition) is 2. The van der Waals surface area contributed by atoms with Crippen molar-refractivity contribution in [1.82, 2.24) is 0 Å². The summed E-state index contributed by atoms with van der Waals surface area (Å²) < 4.78 is 0. The summed E-state index contributed by atoms with van der Waals surface area (Å²) in [5.41, 5.74) is 1.96. The van der Waals surface area contributed by atoms with Gasteiger partial charge in [-0.05, 0) is 11.6 Å². The van der Waals surface area contributed by atoms with Crippen molar-refractivity contribution in [2.75, 3.05) is 5.32 Å². The van der Waals surface area contributed by atoms with Gasteiger partial charge >= 0.3 is 0 Å². The molecule has 2 nitrogen and oxygen atoms in total. The molecular formula is C8H8ClNO. The fourth-order valence-electron chi connectivity index (χ4n) is 1.33.